The third-order valence-corrected chi connectivity index (χ3v) is 4.04. The Kier molecular flexibility index (Phi) is 12.5. The van der Waals surface area contributed by atoms with Crippen molar-refractivity contribution < 1.29 is 34.3 Å². The molecule has 1 heterocycles. The summed E-state index contributed by atoms with van der Waals surface area (Å²) in [4.78, 5) is 2.43. The van der Waals surface area contributed by atoms with Gasteiger partial charge in [0.25, 0.3) is 0 Å². The lowest BCUT2D eigenvalue weighted by Crippen LogP contribution is -3.00. The molecule has 0 amide bonds. The average molecular weight is 404 g/mol. The van der Waals surface area contributed by atoms with Crippen LogP contribution in [0.3, 0.4) is 0 Å². The van der Waals surface area contributed by atoms with Crippen molar-refractivity contribution in [1.29, 1.82) is 0 Å². The molecule has 1 aromatic rings. The molecule has 8 heteroatoms. The van der Waals surface area contributed by atoms with Crippen LogP contribution in [0.25, 0.3) is 0 Å². The number of nitrogens with zero attached hydrogens (tertiary/aromatic N) is 1. The van der Waals surface area contributed by atoms with Gasteiger partial charge in [-0.1, -0.05) is 23.2 Å². The van der Waals surface area contributed by atoms with Crippen LogP contribution in [0.15, 0.2) is 12.1 Å². The van der Waals surface area contributed by atoms with Gasteiger partial charge in [-0.05, 0) is 31.6 Å². The molecular formula is C15H22Cl4N2O2-2. The van der Waals surface area contributed by atoms with Crippen LogP contribution in [0.2, 0.25) is 10.0 Å². The Labute approximate surface area is 160 Å². The van der Waals surface area contributed by atoms with Crippen LogP contribution in [0.4, 0.5) is 0 Å². The smallest absolute Gasteiger partial charge is 0.142 e. The third kappa shape index (κ3) is 7.65. The van der Waals surface area contributed by atoms with E-state index in [0.717, 1.165) is 51.4 Å². The van der Waals surface area contributed by atoms with E-state index >= 15 is 0 Å². The van der Waals surface area contributed by atoms with Gasteiger partial charge in [0, 0.05) is 30.2 Å². The van der Waals surface area contributed by atoms with Crippen molar-refractivity contribution in [1.82, 2.24) is 10.2 Å². The van der Waals surface area contributed by atoms with Crippen molar-refractivity contribution in [3.8, 4) is 5.75 Å². The molecule has 1 fully saturated rings. The minimum atomic E-state index is 0. The molecule has 134 valence electrons. The maximum absolute atomic E-state index is 6.12. The molecule has 1 aliphatic rings. The average Bonchev–Trinajstić information content (AvgIpc) is 2.47. The van der Waals surface area contributed by atoms with Gasteiger partial charge in [0.15, 0.2) is 0 Å². The van der Waals surface area contributed by atoms with Crippen molar-refractivity contribution in [2.45, 2.75) is 13.0 Å². The molecule has 0 radical (unpaired) electrons. The Morgan fingerprint density at radius 1 is 1.22 bits per heavy atom. The van der Waals surface area contributed by atoms with Crippen molar-refractivity contribution in [3.63, 3.8) is 0 Å². The van der Waals surface area contributed by atoms with Crippen LogP contribution in [-0.2, 0) is 11.3 Å². The summed E-state index contributed by atoms with van der Waals surface area (Å²) in [7, 11) is 1.62. The van der Waals surface area contributed by atoms with Gasteiger partial charge in [-0.25, -0.2) is 0 Å². The summed E-state index contributed by atoms with van der Waals surface area (Å²) < 4.78 is 10.7. The highest BCUT2D eigenvalue weighted by Crippen LogP contribution is 2.31. The van der Waals surface area contributed by atoms with Crippen LogP contribution in [-0.4, -0.2) is 51.4 Å². The zero-order valence-electron chi connectivity index (χ0n) is 13.1. The highest BCUT2D eigenvalue weighted by Gasteiger charge is 2.11. The minimum absolute atomic E-state index is 0. The molecule has 0 bridgehead atoms. The van der Waals surface area contributed by atoms with Gasteiger partial charge in [0.2, 0.25) is 0 Å². The SMILES string of the molecule is COc1c(Cl)cc(Cl)cc1CNCCCN1CCOCC1.[Cl-].[Cl-]. The number of nitrogens with one attached hydrogen (secondary N) is 1. The number of hydrogen-bond donors (Lipinski definition) is 1. The summed E-state index contributed by atoms with van der Waals surface area (Å²) in [5.41, 5.74) is 0.987. The van der Waals surface area contributed by atoms with Gasteiger partial charge in [0.1, 0.15) is 5.75 Å². The molecule has 0 saturated carbocycles. The maximum atomic E-state index is 6.12. The van der Waals surface area contributed by atoms with E-state index in [4.69, 9.17) is 32.7 Å². The first kappa shape index (κ1) is 23.1. The first-order valence-corrected chi connectivity index (χ1v) is 7.99. The molecule has 0 aliphatic carbocycles. The van der Waals surface area contributed by atoms with Crippen molar-refractivity contribution >= 4 is 23.2 Å². The largest absolute Gasteiger partial charge is 1.00 e. The molecule has 1 aliphatic heterocycles. The number of benzene rings is 1. The molecule has 1 N–H and O–H groups in total. The summed E-state index contributed by atoms with van der Waals surface area (Å²) in [5.74, 6) is 0.696. The van der Waals surface area contributed by atoms with Crippen LogP contribution in [0, 0.1) is 0 Å². The van der Waals surface area contributed by atoms with Crippen LogP contribution >= 0.6 is 23.2 Å². The fraction of sp³-hybridized carbons (Fsp3) is 0.600. The standard InChI is InChI=1S/C15H22Cl2N2O2.2ClH/c1-20-15-12(9-13(16)10-14(15)17)11-18-3-2-4-19-5-7-21-8-6-19;;/h9-10,18H,2-8,11H2,1H3;2*1H/p-2. The quantitative estimate of drug-likeness (QED) is 0.487. The molecule has 0 unspecified atom stereocenters. The summed E-state index contributed by atoms with van der Waals surface area (Å²) in [6.07, 6.45) is 1.11. The monoisotopic (exact) mass is 402 g/mol. The number of halogens is 4. The number of rotatable bonds is 7. The lowest BCUT2D eigenvalue weighted by molar-refractivity contribution is -0.001000. The molecular weight excluding hydrogens is 382 g/mol. The summed E-state index contributed by atoms with van der Waals surface area (Å²) in [6, 6.07) is 3.59. The fourth-order valence-corrected chi connectivity index (χ4v) is 3.06. The van der Waals surface area contributed by atoms with E-state index in [1.807, 2.05) is 6.07 Å². The van der Waals surface area contributed by atoms with E-state index in [1.165, 1.54) is 0 Å². The molecule has 23 heavy (non-hydrogen) atoms. The lowest BCUT2D eigenvalue weighted by Gasteiger charge is -2.26. The van der Waals surface area contributed by atoms with E-state index in [1.54, 1.807) is 13.2 Å². The van der Waals surface area contributed by atoms with E-state index < -0.39 is 0 Å². The predicted molar refractivity (Wildman–Crippen MR) is 86.6 cm³/mol. The molecule has 4 nitrogen and oxygen atoms in total. The van der Waals surface area contributed by atoms with E-state index in [2.05, 4.69) is 10.2 Å². The molecule has 1 saturated heterocycles. The molecule has 2 rings (SSSR count). The Bertz CT molecular complexity index is 457. The Hall–Kier alpha value is 0.0600. The van der Waals surface area contributed by atoms with Crippen LogP contribution in [0.5, 0.6) is 5.75 Å². The second kappa shape index (κ2) is 12.4. The second-order valence-electron chi connectivity index (χ2n) is 5.06. The third-order valence-electron chi connectivity index (χ3n) is 3.54. The van der Waals surface area contributed by atoms with Crippen LogP contribution in [0.1, 0.15) is 12.0 Å². The highest BCUT2D eigenvalue weighted by molar-refractivity contribution is 6.35. The highest BCUT2D eigenvalue weighted by atomic mass is 35.5. The van der Waals surface area contributed by atoms with E-state index in [-0.39, 0.29) is 24.8 Å². The Balaban J connectivity index is 0.00000242. The second-order valence-corrected chi connectivity index (χ2v) is 5.91. The summed E-state index contributed by atoms with van der Waals surface area (Å²) in [5, 5.41) is 4.60. The number of morpholine rings is 1. The normalized spacial score (nSPS) is 14.7. The van der Waals surface area contributed by atoms with E-state index in [0.29, 0.717) is 22.3 Å². The van der Waals surface area contributed by atoms with Crippen molar-refractivity contribution in [3.05, 3.63) is 27.7 Å². The Morgan fingerprint density at radius 3 is 2.57 bits per heavy atom. The molecule has 0 spiro atoms. The van der Waals surface area contributed by atoms with Crippen molar-refractivity contribution in [2.24, 2.45) is 0 Å². The Morgan fingerprint density at radius 2 is 1.91 bits per heavy atom. The zero-order valence-corrected chi connectivity index (χ0v) is 16.1. The van der Waals surface area contributed by atoms with Gasteiger partial charge < -0.3 is 39.6 Å². The number of ether oxygens (including phenoxy) is 2. The van der Waals surface area contributed by atoms with Crippen molar-refractivity contribution in [2.75, 3.05) is 46.5 Å². The zero-order chi connectivity index (χ0) is 15.1. The first-order chi connectivity index (χ1) is 10.2. The molecule has 0 atom stereocenters. The fourth-order valence-electron chi connectivity index (χ4n) is 2.45. The first-order valence-electron chi connectivity index (χ1n) is 7.23. The molecule has 0 aromatic heterocycles. The lowest BCUT2D eigenvalue weighted by atomic mass is 10.2. The van der Waals surface area contributed by atoms with Crippen LogP contribution < -0.4 is 34.9 Å². The maximum Gasteiger partial charge on any atom is 0.142 e. The van der Waals surface area contributed by atoms with Gasteiger partial charge in [0.05, 0.1) is 25.3 Å². The summed E-state index contributed by atoms with van der Waals surface area (Å²) in [6.45, 7) is 6.54. The number of hydrogen-bond acceptors (Lipinski definition) is 4. The van der Waals surface area contributed by atoms with Gasteiger partial charge in [-0.2, -0.15) is 0 Å². The number of methoxy groups -OCH3 is 1. The molecule has 1 aromatic carbocycles. The van der Waals surface area contributed by atoms with Gasteiger partial charge >= 0.3 is 0 Å². The van der Waals surface area contributed by atoms with Gasteiger partial charge in [-0.3, -0.25) is 4.90 Å². The predicted octanol–water partition coefficient (Wildman–Crippen LogP) is -3.18. The van der Waals surface area contributed by atoms with E-state index in [9.17, 15) is 0 Å². The minimum Gasteiger partial charge on any atom is -1.00 e. The summed E-state index contributed by atoms with van der Waals surface area (Å²) >= 11 is 12.2. The van der Waals surface area contributed by atoms with Gasteiger partial charge in [-0.15, -0.1) is 0 Å². The topological polar surface area (TPSA) is 33.7 Å².